The fourth-order valence-corrected chi connectivity index (χ4v) is 0.200. The number of hydrogen-bond donors (Lipinski definition) is 2. The lowest BCUT2D eigenvalue weighted by molar-refractivity contribution is -0.221. The average molecular weight is 244 g/mol. The third-order valence-electron chi connectivity index (χ3n) is 0.648. The van der Waals surface area contributed by atoms with E-state index in [4.69, 9.17) is 0 Å². The monoisotopic (exact) mass is 244 g/mol. The fourth-order valence-electron chi connectivity index (χ4n) is 0.200. The van der Waals surface area contributed by atoms with Gasteiger partial charge in [-0.2, -0.15) is 26.3 Å². The first kappa shape index (κ1) is 19.2. The van der Waals surface area contributed by atoms with E-state index in [-0.39, 0.29) is 12.3 Å². The smallest absolute Gasteiger partial charge is 0.380 e. The van der Waals surface area contributed by atoms with Crippen molar-refractivity contribution in [3.8, 4) is 0 Å². The minimum atomic E-state index is -5.62. The second-order valence-electron chi connectivity index (χ2n) is 1.67. The van der Waals surface area contributed by atoms with Crippen LogP contribution >= 0.6 is 0 Å². The number of esters is 2. The second-order valence-corrected chi connectivity index (χ2v) is 1.67. The molecule has 0 bridgehead atoms. The maximum Gasteiger partial charge on any atom is 0.491 e. The van der Waals surface area contributed by atoms with Crippen LogP contribution in [0.4, 0.5) is 26.3 Å². The molecule has 0 heterocycles. The standard InChI is InChI=1S/C4F6O3.2H3N/c5-3(6,7)1(11)13-2(12)4(8,9)10;;/h;2*1H3. The predicted octanol–water partition coefficient (Wildman–Crippen LogP) is 1.50. The summed E-state index contributed by atoms with van der Waals surface area (Å²) in [6.07, 6.45) is -11.2. The topological polar surface area (TPSA) is 113 Å². The van der Waals surface area contributed by atoms with Gasteiger partial charge in [0, 0.05) is 0 Å². The van der Waals surface area contributed by atoms with E-state index in [2.05, 4.69) is 4.74 Å². The molecule has 6 N–H and O–H groups in total. The molecule has 0 fully saturated rings. The Bertz CT molecular complexity index is 210. The van der Waals surface area contributed by atoms with Crippen LogP contribution in [0.25, 0.3) is 0 Å². The molecule has 11 heteroatoms. The number of halogens is 6. The van der Waals surface area contributed by atoms with Gasteiger partial charge in [-0.1, -0.05) is 0 Å². The highest BCUT2D eigenvalue weighted by atomic mass is 19.4. The van der Waals surface area contributed by atoms with Crippen LogP contribution in [0.3, 0.4) is 0 Å². The first-order chi connectivity index (χ1) is 5.55. The van der Waals surface area contributed by atoms with Crippen molar-refractivity contribution in [3.05, 3.63) is 0 Å². The van der Waals surface area contributed by atoms with E-state index in [1.54, 1.807) is 0 Å². The van der Waals surface area contributed by atoms with Gasteiger partial charge >= 0.3 is 24.3 Å². The Morgan fingerprint density at radius 1 is 0.733 bits per heavy atom. The van der Waals surface area contributed by atoms with E-state index in [0.717, 1.165) is 0 Å². The van der Waals surface area contributed by atoms with Gasteiger partial charge in [0.25, 0.3) is 0 Å². The summed E-state index contributed by atoms with van der Waals surface area (Å²) in [4.78, 5) is 19.3. The zero-order chi connectivity index (χ0) is 10.9. The van der Waals surface area contributed by atoms with Crippen LogP contribution in [-0.4, -0.2) is 24.3 Å². The molecule has 0 atom stereocenters. The molecule has 0 amide bonds. The number of alkyl halides is 6. The minimum Gasteiger partial charge on any atom is -0.380 e. The van der Waals surface area contributed by atoms with Gasteiger partial charge in [-0.25, -0.2) is 9.59 Å². The Morgan fingerprint density at radius 3 is 1.07 bits per heavy atom. The molecule has 0 aromatic rings. The summed E-state index contributed by atoms with van der Waals surface area (Å²) < 4.78 is 69.7. The number of ether oxygens (including phenoxy) is 1. The lowest BCUT2D eigenvalue weighted by atomic mass is 10.6. The van der Waals surface area contributed by atoms with E-state index in [1.165, 1.54) is 0 Å². The molecule has 0 saturated carbocycles. The first-order valence-electron chi connectivity index (χ1n) is 2.45. The fraction of sp³-hybridized carbons (Fsp3) is 0.500. The van der Waals surface area contributed by atoms with Crippen molar-refractivity contribution < 1.29 is 40.7 Å². The van der Waals surface area contributed by atoms with Crippen LogP contribution in [0.2, 0.25) is 0 Å². The van der Waals surface area contributed by atoms with E-state index in [1.807, 2.05) is 0 Å². The number of rotatable bonds is 0. The quantitative estimate of drug-likeness (QED) is 0.380. The van der Waals surface area contributed by atoms with Crippen LogP contribution in [0.5, 0.6) is 0 Å². The highest BCUT2D eigenvalue weighted by molar-refractivity contribution is 5.90. The molecule has 0 rings (SSSR count). The van der Waals surface area contributed by atoms with E-state index in [0.29, 0.717) is 0 Å². The van der Waals surface area contributed by atoms with Crippen LogP contribution in [0, 0.1) is 0 Å². The van der Waals surface area contributed by atoms with Gasteiger partial charge < -0.3 is 17.0 Å². The largest absolute Gasteiger partial charge is 0.491 e. The summed E-state index contributed by atoms with van der Waals surface area (Å²) in [6.45, 7) is 0. The molecular formula is C4H6F6N2O3. The Hall–Kier alpha value is -1.36. The average Bonchev–Trinajstić information content (AvgIpc) is 1.82. The first-order valence-corrected chi connectivity index (χ1v) is 2.45. The summed E-state index contributed by atoms with van der Waals surface area (Å²) in [5.74, 6) is -6.40. The lowest BCUT2D eigenvalue weighted by Crippen LogP contribution is -2.34. The maximum atomic E-state index is 11.2. The van der Waals surface area contributed by atoms with E-state index < -0.39 is 24.3 Å². The minimum absolute atomic E-state index is 0. The zero-order valence-corrected chi connectivity index (χ0v) is 6.91. The van der Waals surface area contributed by atoms with Crippen LogP contribution in [0.1, 0.15) is 0 Å². The summed E-state index contributed by atoms with van der Waals surface area (Å²) in [6, 6.07) is 0. The molecule has 92 valence electrons. The Morgan fingerprint density at radius 2 is 0.933 bits per heavy atom. The van der Waals surface area contributed by atoms with Gasteiger partial charge in [0.15, 0.2) is 0 Å². The summed E-state index contributed by atoms with van der Waals surface area (Å²) in [5, 5.41) is 0. The van der Waals surface area contributed by atoms with Crippen LogP contribution in [-0.2, 0) is 14.3 Å². The Kier molecular flexibility index (Phi) is 7.06. The maximum absolute atomic E-state index is 11.2. The zero-order valence-electron chi connectivity index (χ0n) is 6.91. The van der Waals surface area contributed by atoms with Crippen molar-refractivity contribution in [1.82, 2.24) is 12.3 Å². The van der Waals surface area contributed by atoms with Crippen molar-refractivity contribution in [2.24, 2.45) is 0 Å². The van der Waals surface area contributed by atoms with E-state index in [9.17, 15) is 35.9 Å². The van der Waals surface area contributed by atoms with Gasteiger partial charge in [-0.15, -0.1) is 0 Å². The molecule has 0 aliphatic carbocycles. The predicted molar refractivity (Wildman–Crippen MR) is 33.3 cm³/mol. The highest BCUT2D eigenvalue weighted by Crippen LogP contribution is 2.21. The summed E-state index contributed by atoms with van der Waals surface area (Å²) in [7, 11) is 0. The van der Waals surface area contributed by atoms with E-state index >= 15 is 0 Å². The molecule has 0 aliphatic rings. The van der Waals surface area contributed by atoms with Crippen molar-refractivity contribution in [1.29, 1.82) is 0 Å². The van der Waals surface area contributed by atoms with Crippen LogP contribution < -0.4 is 12.3 Å². The van der Waals surface area contributed by atoms with Crippen molar-refractivity contribution in [2.45, 2.75) is 12.4 Å². The molecule has 0 aliphatic heterocycles. The SMILES string of the molecule is N.N.O=C(OC(=O)C(F)(F)F)C(F)(F)F. The van der Waals surface area contributed by atoms with Crippen molar-refractivity contribution in [2.75, 3.05) is 0 Å². The molecule has 0 aromatic heterocycles. The molecule has 0 aromatic carbocycles. The molecule has 0 unspecified atom stereocenters. The normalized spacial score (nSPS) is 10.8. The molecule has 0 spiro atoms. The van der Waals surface area contributed by atoms with Crippen molar-refractivity contribution >= 4 is 11.9 Å². The Balaban J connectivity index is -0.000000720. The number of carbonyl (C=O) groups is 2. The van der Waals surface area contributed by atoms with Gasteiger partial charge in [0.2, 0.25) is 0 Å². The van der Waals surface area contributed by atoms with Crippen molar-refractivity contribution in [3.63, 3.8) is 0 Å². The molecule has 15 heavy (non-hydrogen) atoms. The summed E-state index contributed by atoms with van der Waals surface area (Å²) >= 11 is 0. The molecular weight excluding hydrogens is 238 g/mol. The molecule has 5 nitrogen and oxygen atoms in total. The summed E-state index contributed by atoms with van der Waals surface area (Å²) in [5.41, 5.74) is 0. The van der Waals surface area contributed by atoms with Gasteiger partial charge in [-0.3, -0.25) is 0 Å². The molecule has 0 saturated heterocycles. The number of hydrogen-bond acceptors (Lipinski definition) is 5. The highest BCUT2D eigenvalue weighted by Gasteiger charge is 2.49. The van der Waals surface area contributed by atoms with Gasteiger partial charge in [0.1, 0.15) is 0 Å². The van der Waals surface area contributed by atoms with Crippen LogP contribution in [0.15, 0.2) is 0 Å². The third-order valence-corrected chi connectivity index (χ3v) is 0.648. The number of carbonyl (C=O) groups excluding carboxylic acids is 2. The Labute approximate surface area is 78.5 Å². The molecule has 0 radical (unpaired) electrons. The van der Waals surface area contributed by atoms with Gasteiger partial charge in [-0.05, 0) is 0 Å². The lowest BCUT2D eigenvalue weighted by Gasteiger charge is -2.06. The second kappa shape index (κ2) is 5.50. The third kappa shape index (κ3) is 6.68. The van der Waals surface area contributed by atoms with Gasteiger partial charge in [0.05, 0.1) is 0 Å².